The Labute approximate surface area is 137 Å². The van der Waals surface area contributed by atoms with Crippen LogP contribution in [0, 0.1) is 11.3 Å². The SMILES string of the molecule is CCOC(=O)C(C#N)=CNC1CCN(Cc2ccccc2)CC1. The minimum atomic E-state index is -0.566. The number of hydrogen-bond acceptors (Lipinski definition) is 5. The van der Waals surface area contributed by atoms with Crippen LogP contribution in [-0.2, 0) is 16.1 Å². The third-order valence-electron chi connectivity index (χ3n) is 3.92. The average Bonchev–Trinajstić information content (AvgIpc) is 2.58. The van der Waals surface area contributed by atoms with Gasteiger partial charge in [0, 0.05) is 31.9 Å². The van der Waals surface area contributed by atoms with E-state index in [1.165, 1.54) is 11.8 Å². The van der Waals surface area contributed by atoms with E-state index in [1.807, 2.05) is 12.1 Å². The van der Waals surface area contributed by atoms with Crippen LogP contribution in [0.2, 0.25) is 0 Å². The molecule has 1 N–H and O–H groups in total. The molecule has 1 heterocycles. The van der Waals surface area contributed by atoms with Crippen LogP contribution >= 0.6 is 0 Å². The van der Waals surface area contributed by atoms with Gasteiger partial charge in [0.2, 0.25) is 0 Å². The predicted octanol–water partition coefficient (Wildman–Crippen LogP) is 2.21. The topological polar surface area (TPSA) is 65.4 Å². The summed E-state index contributed by atoms with van der Waals surface area (Å²) in [4.78, 5) is 14.0. The summed E-state index contributed by atoms with van der Waals surface area (Å²) in [6, 6.07) is 12.6. The molecule has 0 bridgehead atoms. The van der Waals surface area contributed by atoms with Gasteiger partial charge in [-0.3, -0.25) is 4.90 Å². The Morgan fingerprint density at radius 1 is 1.39 bits per heavy atom. The van der Waals surface area contributed by atoms with Crippen molar-refractivity contribution in [1.29, 1.82) is 5.26 Å². The van der Waals surface area contributed by atoms with Gasteiger partial charge in [-0.15, -0.1) is 0 Å². The quantitative estimate of drug-likeness (QED) is 0.495. The second-order valence-electron chi connectivity index (χ2n) is 5.59. The Morgan fingerprint density at radius 3 is 2.70 bits per heavy atom. The van der Waals surface area contributed by atoms with Crippen molar-refractivity contribution in [2.75, 3.05) is 19.7 Å². The zero-order chi connectivity index (χ0) is 16.5. The molecule has 0 amide bonds. The molecule has 23 heavy (non-hydrogen) atoms. The monoisotopic (exact) mass is 313 g/mol. The molecule has 1 aromatic rings. The minimum absolute atomic E-state index is 0.0264. The Balaban J connectivity index is 1.78. The maximum Gasteiger partial charge on any atom is 0.350 e. The molecule has 0 unspecified atom stereocenters. The average molecular weight is 313 g/mol. The number of carbonyl (C=O) groups is 1. The number of nitriles is 1. The van der Waals surface area contributed by atoms with Gasteiger partial charge in [0.15, 0.2) is 5.57 Å². The standard InChI is InChI=1S/C18H23N3O2/c1-2-23-18(22)16(12-19)13-20-17-8-10-21(11-9-17)14-15-6-4-3-5-7-15/h3-7,13,17,20H,2,8-11,14H2,1H3. The molecule has 0 spiro atoms. The van der Waals surface area contributed by atoms with Gasteiger partial charge in [0.25, 0.3) is 0 Å². The number of rotatable bonds is 6. The fraction of sp³-hybridized carbons (Fsp3) is 0.444. The Kier molecular flexibility index (Phi) is 6.64. The Bertz CT molecular complexity index is 570. The smallest absolute Gasteiger partial charge is 0.350 e. The fourth-order valence-electron chi connectivity index (χ4n) is 2.65. The maximum atomic E-state index is 11.5. The highest BCUT2D eigenvalue weighted by molar-refractivity contribution is 5.92. The number of piperidine rings is 1. The molecule has 0 atom stereocenters. The van der Waals surface area contributed by atoms with E-state index in [1.54, 1.807) is 6.92 Å². The molecule has 0 radical (unpaired) electrons. The fourth-order valence-corrected chi connectivity index (χ4v) is 2.65. The van der Waals surface area contributed by atoms with Gasteiger partial charge >= 0.3 is 5.97 Å². The first-order chi connectivity index (χ1) is 11.2. The highest BCUT2D eigenvalue weighted by Crippen LogP contribution is 2.14. The van der Waals surface area contributed by atoms with Crippen LogP contribution in [0.15, 0.2) is 42.1 Å². The van der Waals surface area contributed by atoms with Crippen LogP contribution < -0.4 is 5.32 Å². The molecule has 122 valence electrons. The molecule has 0 aliphatic carbocycles. The van der Waals surface area contributed by atoms with Crippen molar-refractivity contribution in [1.82, 2.24) is 10.2 Å². The van der Waals surface area contributed by atoms with Crippen LogP contribution in [0.1, 0.15) is 25.3 Å². The first-order valence-electron chi connectivity index (χ1n) is 8.02. The van der Waals surface area contributed by atoms with Gasteiger partial charge in [0.05, 0.1) is 6.61 Å². The van der Waals surface area contributed by atoms with Gasteiger partial charge < -0.3 is 10.1 Å². The zero-order valence-corrected chi connectivity index (χ0v) is 13.5. The summed E-state index contributed by atoms with van der Waals surface area (Å²) in [5, 5.41) is 12.2. The van der Waals surface area contributed by atoms with E-state index in [9.17, 15) is 4.79 Å². The summed E-state index contributed by atoms with van der Waals surface area (Å²) in [5.74, 6) is -0.566. The highest BCUT2D eigenvalue weighted by Gasteiger charge is 2.19. The van der Waals surface area contributed by atoms with Crippen molar-refractivity contribution in [3.8, 4) is 6.07 Å². The van der Waals surface area contributed by atoms with Gasteiger partial charge in [0.1, 0.15) is 6.07 Å². The van der Waals surface area contributed by atoms with Crippen molar-refractivity contribution < 1.29 is 9.53 Å². The summed E-state index contributed by atoms with van der Waals surface area (Å²) in [6.45, 7) is 4.97. The molecule has 1 aliphatic rings. The second kappa shape index (κ2) is 8.96. The first kappa shape index (κ1) is 17.0. The van der Waals surface area contributed by atoms with E-state index in [0.717, 1.165) is 32.5 Å². The highest BCUT2D eigenvalue weighted by atomic mass is 16.5. The van der Waals surface area contributed by atoms with E-state index < -0.39 is 5.97 Å². The molecule has 2 rings (SSSR count). The lowest BCUT2D eigenvalue weighted by molar-refractivity contribution is -0.138. The Hall–Kier alpha value is -2.32. The largest absolute Gasteiger partial charge is 0.462 e. The first-order valence-corrected chi connectivity index (χ1v) is 8.02. The summed E-state index contributed by atoms with van der Waals surface area (Å²) in [6.07, 6.45) is 3.48. The van der Waals surface area contributed by atoms with Crippen molar-refractivity contribution in [2.24, 2.45) is 0 Å². The normalized spacial score (nSPS) is 16.6. The molecule has 1 aromatic carbocycles. The summed E-state index contributed by atoms with van der Waals surface area (Å²) in [7, 11) is 0. The molecule has 5 nitrogen and oxygen atoms in total. The van der Waals surface area contributed by atoms with Crippen LogP contribution in [0.3, 0.4) is 0 Å². The van der Waals surface area contributed by atoms with E-state index in [-0.39, 0.29) is 12.2 Å². The van der Waals surface area contributed by atoms with Crippen LogP contribution in [0.4, 0.5) is 0 Å². The molecule has 1 fully saturated rings. The number of esters is 1. The van der Waals surface area contributed by atoms with Crippen LogP contribution in [0.5, 0.6) is 0 Å². The molecule has 0 aromatic heterocycles. The zero-order valence-electron chi connectivity index (χ0n) is 13.5. The lowest BCUT2D eigenvalue weighted by Crippen LogP contribution is -2.40. The van der Waals surface area contributed by atoms with Gasteiger partial charge in [-0.05, 0) is 25.3 Å². The second-order valence-corrected chi connectivity index (χ2v) is 5.59. The molecule has 5 heteroatoms. The number of ether oxygens (including phenoxy) is 1. The number of carbonyl (C=O) groups excluding carboxylic acids is 1. The molecule has 1 aliphatic heterocycles. The van der Waals surface area contributed by atoms with E-state index in [0.29, 0.717) is 6.04 Å². The van der Waals surface area contributed by atoms with Gasteiger partial charge in [-0.2, -0.15) is 5.26 Å². The lowest BCUT2D eigenvalue weighted by atomic mass is 10.0. The minimum Gasteiger partial charge on any atom is -0.462 e. The number of nitrogens with one attached hydrogen (secondary N) is 1. The van der Waals surface area contributed by atoms with E-state index >= 15 is 0 Å². The van der Waals surface area contributed by atoms with Crippen LogP contribution in [-0.4, -0.2) is 36.6 Å². The van der Waals surface area contributed by atoms with Crippen molar-refractivity contribution in [3.63, 3.8) is 0 Å². The number of nitrogens with zero attached hydrogens (tertiary/aromatic N) is 2. The third kappa shape index (κ3) is 5.42. The maximum absolute atomic E-state index is 11.5. The van der Waals surface area contributed by atoms with Crippen molar-refractivity contribution in [3.05, 3.63) is 47.7 Å². The molecular formula is C18H23N3O2. The number of benzene rings is 1. The lowest BCUT2D eigenvalue weighted by Gasteiger charge is -2.32. The van der Waals surface area contributed by atoms with Gasteiger partial charge in [-0.25, -0.2) is 4.79 Å². The van der Waals surface area contributed by atoms with E-state index in [4.69, 9.17) is 10.00 Å². The summed E-state index contributed by atoms with van der Waals surface area (Å²) in [5.41, 5.74) is 1.35. The molecule has 1 saturated heterocycles. The van der Waals surface area contributed by atoms with Gasteiger partial charge in [-0.1, -0.05) is 30.3 Å². The summed E-state index contributed by atoms with van der Waals surface area (Å²) < 4.78 is 4.84. The van der Waals surface area contributed by atoms with Crippen molar-refractivity contribution in [2.45, 2.75) is 32.4 Å². The summed E-state index contributed by atoms with van der Waals surface area (Å²) >= 11 is 0. The predicted molar refractivity (Wildman–Crippen MR) is 88.2 cm³/mol. The number of hydrogen-bond donors (Lipinski definition) is 1. The molecular weight excluding hydrogens is 290 g/mol. The van der Waals surface area contributed by atoms with Crippen LogP contribution in [0.25, 0.3) is 0 Å². The third-order valence-corrected chi connectivity index (χ3v) is 3.92. The Morgan fingerprint density at radius 2 is 2.09 bits per heavy atom. The number of likely N-dealkylation sites (tertiary alicyclic amines) is 1. The molecule has 0 saturated carbocycles. The van der Waals surface area contributed by atoms with E-state index in [2.05, 4.69) is 34.5 Å². The van der Waals surface area contributed by atoms with Crippen molar-refractivity contribution >= 4 is 5.97 Å².